The lowest BCUT2D eigenvalue weighted by Crippen LogP contribution is -2.32. The van der Waals surface area contributed by atoms with Gasteiger partial charge in [-0.25, -0.2) is 14.2 Å². The number of ether oxygens (including phenoxy) is 1. The molecule has 8 nitrogen and oxygen atoms in total. The van der Waals surface area contributed by atoms with Crippen molar-refractivity contribution in [3.05, 3.63) is 98.1 Å². The first kappa shape index (κ1) is 22.5. The quantitative estimate of drug-likeness (QED) is 0.422. The molecule has 178 valence electrons. The molecule has 35 heavy (non-hydrogen) atoms. The number of hydrogen-bond donors (Lipinski definition) is 2. The zero-order valence-electron chi connectivity index (χ0n) is 19.0. The highest BCUT2D eigenvalue weighted by Crippen LogP contribution is 2.40. The number of hydrogen-bond acceptors (Lipinski definition) is 5. The van der Waals surface area contributed by atoms with E-state index in [0.717, 1.165) is 18.4 Å². The van der Waals surface area contributed by atoms with E-state index in [1.165, 1.54) is 16.7 Å². The second-order valence-corrected chi connectivity index (χ2v) is 8.47. The van der Waals surface area contributed by atoms with Gasteiger partial charge in [-0.15, -0.1) is 0 Å². The Morgan fingerprint density at radius 2 is 1.94 bits per heavy atom. The fourth-order valence-corrected chi connectivity index (χ4v) is 3.96. The lowest BCUT2D eigenvalue weighted by Gasteiger charge is -2.13. The molecule has 9 heteroatoms. The molecule has 0 spiro atoms. The Morgan fingerprint density at radius 3 is 2.66 bits per heavy atom. The van der Waals surface area contributed by atoms with E-state index >= 15 is 0 Å². The maximum Gasteiger partial charge on any atom is 0.329 e. The monoisotopic (exact) mass is 474 g/mol. The fourth-order valence-electron chi connectivity index (χ4n) is 3.96. The van der Waals surface area contributed by atoms with Crippen LogP contribution < -0.4 is 21.3 Å². The molecule has 5 rings (SSSR count). The number of pyridine rings is 1. The fraction of sp³-hybridized carbons (Fsp3) is 0.231. The Balaban J connectivity index is 1.45. The molecule has 2 aromatic heterocycles. The van der Waals surface area contributed by atoms with Crippen LogP contribution in [-0.2, 0) is 13.2 Å². The van der Waals surface area contributed by atoms with Crippen molar-refractivity contribution in [2.24, 2.45) is 0 Å². The molecule has 1 amide bonds. The molecular formula is C26H23FN4O4. The summed E-state index contributed by atoms with van der Waals surface area (Å²) in [5, 5.41) is 2.91. The molecule has 2 N–H and O–H groups in total. The summed E-state index contributed by atoms with van der Waals surface area (Å²) in [6.45, 7) is 2.32. The topological polar surface area (TPSA) is 106 Å². The zero-order chi connectivity index (χ0) is 24.5. The van der Waals surface area contributed by atoms with E-state index < -0.39 is 17.2 Å². The smallest absolute Gasteiger partial charge is 0.329 e. The van der Waals surface area contributed by atoms with Crippen LogP contribution in [0.15, 0.2) is 64.2 Å². The highest BCUT2D eigenvalue weighted by molar-refractivity contribution is 6.12. The van der Waals surface area contributed by atoms with Crippen LogP contribution in [-0.4, -0.2) is 20.4 Å². The molecule has 4 aromatic rings. The summed E-state index contributed by atoms with van der Waals surface area (Å²) < 4.78 is 20.2. The van der Waals surface area contributed by atoms with Crippen LogP contribution in [0.1, 0.15) is 47.3 Å². The first-order valence-electron chi connectivity index (χ1n) is 11.4. The Hall–Kier alpha value is -4.27. The number of benzene rings is 2. The van der Waals surface area contributed by atoms with E-state index in [1.807, 2.05) is 0 Å². The maximum atomic E-state index is 13.3. The Labute approximate surface area is 199 Å². The molecule has 1 saturated carbocycles. The summed E-state index contributed by atoms with van der Waals surface area (Å²) >= 11 is 0. The van der Waals surface area contributed by atoms with Gasteiger partial charge in [-0.3, -0.25) is 19.1 Å². The number of halogens is 1. The molecular weight excluding hydrogens is 451 g/mol. The third kappa shape index (κ3) is 4.70. The molecule has 0 bridgehead atoms. The normalized spacial score (nSPS) is 13.1. The molecule has 2 heterocycles. The third-order valence-corrected chi connectivity index (χ3v) is 5.94. The van der Waals surface area contributed by atoms with Gasteiger partial charge in [0.2, 0.25) is 0 Å². The van der Waals surface area contributed by atoms with Gasteiger partial charge in [0.05, 0.1) is 10.9 Å². The van der Waals surface area contributed by atoms with Gasteiger partial charge >= 0.3 is 5.69 Å². The number of carbonyl (C=O) groups is 1. The van der Waals surface area contributed by atoms with Crippen LogP contribution >= 0.6 is 0 Å². The van der Waals surface area contributed by atoms with Crippen LogP contribution in [0.5, 0.6) is 5.75 Å². The van der Waals surface area contributed by atoms with Crippen LogP contribution in [0.25, 0.3) is 11.0 Å². The van der Waals surface area contributed by atoms with Gasteiger partial charge in [-0.05, 0) is 55.7 Å². The van der Waals surface area contributed by atoms with Crippen molar-refractivity contribution in [1.82, 2.24) is 14.5 Å². The molecule has 0 atom stereocenters. The van der Waals surface area contributed by atoms with Crippen molar-refractivity contribution in [2.75, 3.05) is 5.32 Å². The van der Waals surface area contributed by atoms with Gasteiger partial charge in [0.1, 0.15) is 18.2 Å². The Kier molecular flexibility index (Phi) is 5.90. The van der Waals surface area contributed by atoms with Gasteiger partial charge in [-0.1, -0.05) is 18.2 Å². The molecule has 1 aliphatic rings. The van der Waals surface area contributed by atoms with Gasteiger partial charge < -0.3 is 10.1 Å². The predicted octanol–water partition coefficient (Wildman–Crippen LogP) is 3.95. The average Bonchev–Trinajstić information content (AvgIpc) is 3.69. The third-order valence-electron chi connectivity index (χ3n) is 5.94. The molecule has 1 fully saturated rings. The number of anilines is 1. The summed E-state index contributed by atoms with van der Waals surface area (Å²) in [6.07, 6.45) is 1.90. The number of rotatable bonds is 7. The molecule has 0 unspecified atom stereocenters. The summed E-state index contributed by atoms with van der Waals surface area (Å²) in [4.78, 5) is 45.2. The second-order valence-electron chi connectivity index (χ2n) is 8.47. The van der Waals surface area contributed by atoms with Gasteiger partial charge in [0.25, 0.3) is 11.5 Å². The first-order chi connectivity index (χ1) is 16.9. The van der Waals surface area contributed by atoms with Crippen molar-refractivity contribution in [3.63, 3.8) is 0 Å². The SMILES string of the molecule is CCn1c(=O)[nH]c(=O)c2c(C(=O)Nc3cccc(OCc4ccc(F)cc4)c3)cc(C3CC3)nc21. The second kappa shape index (κ2) is 9.17. The van der Waals surface area contributed by atoms with Crippen molar-refractivity contribution < 1.29 is 13.9 Å². The molecule has 2 aromatic carbocycles. The summed E-state index contributed by atoms with van der Waals surface area (Å²) in [5.41, 5.74) is 1.16. The van der Waals surface area contributed by atoms with Gasteiger partial charge in [0.15, 0.2) is 5.65 Å². The van der Waals surface area contributed by atoms with Crippen LogP contribution in [0.3, 0.4) is 0 Å². The van der Waals surface area contributed by atoms with Crippen LogP contribution in [0.4, 0.5) is 10.1 Å². The molecule has 0 saturated heterocycles. The number of H-pyrrole nitrogens is 1. The minimum absolute atomic E-state index is 0.0806. The highest BCUT2D eigenvalue weighted by atomic mass is 19.1. The number of amides is 1. The number of aryl methyl sites for hydroxylation is 1. The standard InChI is InChI=1S/C26H23FN4O4/c1-2-31-23-22(25(33)30-26(31)34)20(13-21(29-23)16-8-9-16)24(32)28-18-4-3-5-19(12-18)35-14-15-6-10-17(27)11-7-15/h3-7,10-13,16H,2,8-9,14H2,1H3,(H,28,32)(H,30,33,34). The van der Waals surface area contributed by atoms with Gasteiger partial charge in [0, 0.05) is 29.9 Å². The van der Waals surface area contributed by atoms with E-state index in [-0.39, 0.29) is 34.9 Å². The first-order valence-corrected chi connectivity index (χ1v) is 11.4. The number of carbonyl (C=O) groups excluding carboxylic acids is 1. The lowest BCUT2D eigenvalue weighted by molar-refractivity contribution is 0.102. The summed E-state index contributed by atoms with van der Waals surface area (Å²) in [5.74, 6) is -0.0691. The highest BCUT2D eigenvalue weighted by Gasteiger charge is 2.28. The van der Waals surface area contributed by atoms with Crippen molar-refractivity contribution in [2.45, 2.75) is 38.8 Å². The lowest BCUT2D eigenvalue weighted by atomic mass is 10.1. The van der Waals surface area contributed by atoms with E-state index in [2.05, 4.69) is 15.3 Å². The molecule has 0 radical (unpaired) electrons. The predicted molar refractivity (Wildman–Crippen MR) is 129 cm³/mol. The summed E-state index contributed by atoms with van der Waals surface area (Å²) in [6, 6.07) is 14.5. The van der Waals surface area contributed by atoms with Crippen molar-refractivity contribution in [1.29, 1.82) is 0 Å². The minimum atomic E-state index is -0.647. The number of fused-ring (bicyclic) bond motifs is 1. The van der Waals surface area contributed by atoms with E-state index in [0.29, 0.717) is 23.7 Å². The average molecular weight is 474 g/mol. The summed E-state index contributed by atoms with van der Waals surface area (Å²) in [7, 11) is 0. The Morgan fingerprint density at radius 1 is 1.17 bits per heavy atom. The molecule has 1 aliphatic carbocycles. The zero-order valence-corrected chi connectivity index (χ0v) is 19.0. The van der Waals surface area contributed by atoms with E-state index in [9.17, 15) is 18.8 Å². The van der Waals surface area contributed by atoms with Crippen LogP contribution in [0, 0.1) is 5.82 Å². The number of aromatic amines is 1. The Bertz CT molecular complexity index is 1540. The van der Waals surface area contributed by atoms with E-state index in [4.69, 9.17) is 4.74 Å². The van der Waals surface area contributed by atoms with E-state index in [1.54, 1.807) is 49.4 Å². The van der Waals surface area contributed by atoms with Gasteiger partial charge in [-0.2, -0.15) is 0 Å². The van der Waals surface area contributed by atoms with Crippen LogP contribution in [0.2, 0.25) is 0 Å². The maximum absolute atomic E-state index is 13.3. The van der Waals surface area contributed by atoms with Crippen molar-refractivity contribution >= 4 is 22.6 Å². The largest absolute Gasteiger partial charge is 0.489 e. The number of aromatic nitrogens is 3. The van der Waals surface area contributed by atoms with Crippen molar-refractivity contribution in [3.8, 4) is 5.75 Å². The number of nitrogens with zero attached hydrogens (tertiary/aromatic N) is 2. The number of nitrogens with one attached hydrogen (secondary N) is 2. The molecule has 0 aliphatic heterocycles. The minimum Gasteiger partial charge on any atom is -0.489 e.